The molecule has 1 heterocycles. The number of benzene rings is 3. The van der Waals surface area contributed by atoms with Crippen LogP contribution >= 0.6 is 11.3 Å². The van der Waals surface area contributed by atoms with Crippen LogP contribution in [0.2, 0.25) is 0 Å². The van der Waals surface area contributed by atoms with E-state index in [2.05, 4.69) is 22.4 Å². The van der Waals surface area contributed by atoms with E-state index in [1.807, 2.05) is 83.1 Å². The van der Waals surface area contributed by atoms with Gasteiger partial charge in [-0.3, -0.25) is 4.79 Å². The molecule has 162 valence electrons. The maximum atomic E-state index is 13.3. The summed E-state index contributed by atoms with van der Waals surface area (Å²) in [5.74, 6) is 0.726. The first-order chi connectivity index (χ1) is 15.7. The van der Waals surface area contributed by atoms with Crippen molar-refractivity contribution in [3.63, 3.8) is 0 Å². The van der Waals surface area contributed by atoms with E-state index in [9.17, 15) is 4.79 Å². The zero-order valence-electron chi connectivity index (χ0n) is 17.9. The van der Waals surface area contributed by atoms with Crippen LogP contribution in [0.3, 0.4) is 0 Å². The Hall–Kier alpha value is -3.64. The summed E-state index contributed by atoms with van der Waals surface area (Å²) in [7, 11) is 1.64. The average Bonchev–Trinajstić information content (AvgIpc) is 3.31. The second-order valence-electron chi connectivity index (χ2n) is 7.34. The van der Waals surface area contributed by atoms with Gasteiger partial charge in [0, 0.05) is 24.2 Å². The summed E-state index contributed by atoms with van der Waals surface area (Å²) in [5.41, 5.74) is 3.65. The first-order valence-corrected chi connectivity index (χ1v) is 11.3. The Kier molecular flexibility index (Phi) is 7.15. The summed E-state index contributed by atoms with van der Waals surface area (Å²) in [6, 6.07) is 27.9. The van der Waals surface area contributed by atoms with Crippen molar-refractivity contribution in [1.29, 1.82) is 0 Å². The molecule has 4 rings (SSSR count). The quantitative estimate of drug-likeness (QED) is 0.356. The third-order valence-corrected chi connectivity index (χ3v) is 5.84. The Bertz CT molecular complexity index is 1130. The van der Waals surface area contributed by atoms with E-state index < -0.39 is 0 Å². The van der Waals surface area contributed by atoms with Gasteiger partial charge in [0.2, 0.25) is 0 Å². The van der Waals surface area contributed by atoms with Crippen LogP contribution in [-0.4, -0.2) is 29.4 Å². The van der Waals surface area contributed by atoms with E-state index >= 15 is 0 Å². The number of aromatic nitrogens is 1. The summed E-state index contributed by atoms with van der Waals surface area (Å²) >= 11 is 1.42. The predicted molar refractivity (Wildman–Crippen MR) is 130 cm³/mol. The molecule has 6 heteroatoms. The molecule has 0 saturated carbocycles. The Balaban J connectivity index is 1.48. The number of nitrogens with zero attached hydrogens (tertiary/aromatic N) is 2. The van der Waals surface area contributed by atoms with Gasteiger partial charge in [0.1, 0.15) is 11.4 Å². The van der Waals surface area contributed by atoms with Gasteiger partial charge >= 0.3 is 0 Å². The minimum Gasteiger partial charge on any atom is -0.497 e. The number of carbonyl (C=O) groups is 1. The third kappa shape index (κ3) is 5.74. The van der Waals surface area contributed by atoms with Gasteiger partial charge in [0.25, 0.3) is 5.91 Å². The van der Waals surface area contributed by atoms with Crippen molar-refractivity contribution in [3.05, 3.63) is 107 Å². The summed E-state index contributed by atoms with van der Waals surface area (Å²) in [5, 5.41) is 5.75. The molecule has 3 aromatic carbocycles. The second-order valence-corrected chi connectivity index (χ2v) is 8.20. The molecule has 1 N–H and O–H groups in total. The zero-order valence-corrected chi connectivity index (χ0v) is 18.7. The first kappa shape index (κ1) is 21.6. The monoisotopic (exact) mass is 443 g/mol. The normalized spacial score (nSPS) is 10.5. The molecule has 32 heavy (non-hydrogen) atoms. The topological polar surface area (TPSA) is 54.5 Å². The fraction of sp³-hybridized carbons (Fsp3) is 0.154. The van der Waals surface area contributed by atoms with Crippen molar-refractivity contribution >= 4 is 28.1 Å². The lowest BCUT2D eigenvalue weighted by Gasteiger charge is -2.22. The SMILES string of the molecule is COc1ccc(Nc2nc(C(=O)N(CCc3ccccc3)Cc3ccccc3)cs2)cc1. The summed E-state index contributed by atoms with van der Waals surface area (Å²) in [4.78, 5) is 19.8. The molecule has 0 aliphatic heterocycles. The molecule has 0 unspecified atom stereocenters. The lowest BCUT2D eigenvalue weighted by Crippen LogP contribution is -2.32. The molecule has 4 aromatic rings. The maximum Gasteiger partial charge on any atom is 0.273 e. The van der Waals surface area contributed by atoms with Gasteiger partial charge in [-0.2, -0.15) is 0 Å². The molecule has 1 aromatic heterocycles. The van der Waals surface area contributed by atoms with Crippen LogP contribution in [-0.2, 0) is 13.0 Å². The van der Waals surface area contributed by atoms with Crippen LogP contribution < -0.4 is 10.1 Å². The number of methoxy groups -OCH3 is 1. The van der Waals surface area contributed by atoms with Crippen molar-refractivity contribution in [3.8, 4) is 5.75 Å². The molecule has 0 radical (unpaired) electrons. The summed E-state index contributed by atoms with van der Waals surface area (Å²) < 4.78 is 5.19. The van der Waals surface area contributed by atoms with Crippen molar-refractivity contribution in [2.75, 3.05) is 19.0 Å². The Morgan fingerprint density at radius 3 is 2.25 bits per heavy atom. The molecular weight excluding hydrogens is 418 g/mol. The second kappa shape index (κ2) is 10.6. The highest BCUT2D eigenvalue weighted by Crippen LogP contribution is 2.24. The minimum absolute atomic E-state index is 0.0659. The Labute approximate surface area is 192 Å². The minimum atomic E-state index is -0.0659. The standard InChI is InChI=1S/C26H25N3O2S/c1-31-23-14-12-22(13-15-23)27-26-28-24(19-32-26)25(30)29(18-21-10-6-3-7-11-21)17-16-20-8-4-2-5-9-20/h2-15,19H,16-18H2,1H3,(H,27,28). The van der Waals surface area contributed by atoms with Crippen LogP contribution in [0.15, 0.2) is 90.3 Å². The zero-order chi connectivity index (χ0) is 22.2. The highest BCUT2D eigenvalue weighted by Gasteiger charge is 2.19. The molecule has 0 atom stereocenters. The summed E-state index contributed by atoms with van der Waals surface area (Å²) in [6.07, 6.45) is 0.792. The average molecular weight is 444 g/mol. The molecule has 1 amide bonds. The first-order valence-electron chi connectivity index (χ1n) is 10.4. The Morgan fingerprint density at radius 2 is 1.59 bits per heavy atom. The highest BCUT2D eigenvalue weighted by atomic mass is 32.1. The number of carbonyl (C=O) groups excluding carboxylic acids is 1. The van der Waals surface area contributed by atoms with Crippen molar-refractivity contribution < 1.29 is 9.53 Å². The molecule has 0 aliphatic carbocycles. The van der Waals surface area contributed by atoms with Crippen LogP contribution in [0.5, 0.6) is 5.75 Å². The molecule has 0 fully saturated rings. The maximum absolute atomic E-state index is 13.3. The van der Waals surface area contributed by atoms with Crippen molar-refractivity contribution in [2.24, 2.45) is 0 Å². The largest absolute Gasteiger partial charge is 0.497 e. The number of amides is 1. The number of nitrogens with one attached hydrogen (secondary N) is 1. The lowest BCUT2D eigenvalue weighted by molar-refractivity contribution is 0.0740. The van der Waals surface area contributed by atoms with E-state index in [0.717, 1.165) is 23.4 Å². The number of hydrogen-bond donors (Lipinski definition) is 1. The van der Waals surface area contributed by atoms with Crippen LogP contribution in [0.1, 0.15) is 21.6 Å². The van der Waals surface area contributed by atoms with Crippen LogP contribution in [0, 0.1) is 0 Å². The highest BCUT2D eigenvalue weighted by molar-refractivity contribution is 7.14. The molecule has 0 bridgehead atoms. The molecular formula is C26H25N3O2S. The fourth-order valence-corrected chi connectivity index (χ4v) is 4.06. The van der Waals surface area contributed by atoms with Crippen LogP contribution in [0.25, 0.3) is 0 Å². The van der Waals surface area contributed by atoms with Crippen molar-refractivity contribution in [1.82, 2.24) is 9.88 Å². The number of ether oxygens (including phenoxy) is 1. The van der Waals surface area contributed by atoms with E-state index in [-0.39, 0.29) is 5.91 Å². The van der Waals surface area contributed by atoms with E-state index in [0.29, 0.717) is 23.9 Å². The third-order valence-electron chi connectivity index (χ3n) is 5.08. The van der Waals surface area contributed by atoms with Gasteiger partial charge in [0.05, 0.1) is 7.11 Å². The van der Waals surface area contributed by atoms with Gasteiger partial charge in [-0.15, -0.1) is 11.3 Å². The molecule has 5 nitrogen and oxygen atoms in total. The van der Waals surface area contributed by atoms with E-state index in [1.165, 1.54) is 16.9 Å². The number of hydrogen-bond acceptors (Lipinski definition) is 5. The lowest BCUT2D eigenvalue weighted by atomic mass is 10.1. The number of thiazole rings is 1. The van der Waals surface area contributed by atoms with E-state index in [1.54, 1.807) is 7.11 Å². The smallest absolute Gasteiger partial charge is 0.273 e. The van der Waals surface area contributed by atoms with Gasteiger partial charge < -0.3 is 15.0 Å². The van der Waals surface area contributed by atoms with Crippen LogP contribution in [0.4, 0.5) is 10.8 Å². The van der Waals surface area contributed by atoms with Gasteiger partial charge in [-0.05, 0) is 41.8 Å². The number of rotatable bonds is 9. The van der Waals surface area contributed by atoms with Crippen molar-refractivity contribution in [2.45, 2.75) is 13.0 Å². The van der Waals surface area contributed by atoms with Gasteiger partial charge in [0.15, 0.2) is 5.13 Å². The molecule has 0 aliphatic rings. The van der Waals surface area contributed by atoms with Gasteiger partial charge in [-0.25, -0.2) is 4.98 Å². The fourth-order valence-electron chi connectivity index (χ4n) is 3.35. The summed E-state index contributed by atoms with van der Waals surface area (Å²) in [6.45, 7) is 1.17. The molecule has 0 spiro atoms. The van der Waals surface area contributed by atoms with Gasteiger partial charge in [-0.1, -0.05) is 60.7 Å². The van der Waals surface area contributed by atoms with E-state index in [4.69, 9.17) is 4.74 Å². The number of anilines is 2. The molecule has 0 saturated heterocycles. The Morgan fingerprint density at radius 1 is 0.938 bits per heavy atom. The predicted octanol–water partition coefficient (Wildman–Crippen LogP) is 5.78.